The molecule has 1 aromatic carbocycles. The van der Waals surface area contributed by atoms with E-state index in [1.807, 2.05) is 0 Å². The normalized spacial score (nSPS) is 14.3. The largest absolute Gasteiger partial charge is 0.360 e. The van der Waals surface area contributed by atoms with Gasteiger partial charge >= 0.3 is 0 Å². The minimum Gasteiger partial charge on any atom is -0.360 e. The van der Waals surface area contributed by atoms with Crippen LogP contribution in [0.4, 0.5) is 20.4 Å². The van der Waals surface area contributed by atoms with Crippen molar-refractivity contribution < 1.29 is 17.2 Å². The zero-order chi connectivity index (χ0) is 30.6. The van der Waals surface area contributed by atoms with E-state index in [0.717, 1.165) is 12.1 Å². The molecule has 5 rings (SSSR count). The third-order valence-corrected chi connectivity index (χ3v) is 9.30. The van der Waals surface area contributed by atoms with E-state index in [1.54, 1.807) is 60.3 Å². The third kappa shape index (κ3) is 6.81. The zero-order valence-corrected chi connectivity index (χ0v) is 24.7. The van der Waals surface area contributed by atoms with Crippen LogP contribution >= 0.6 is 0 Å². The molecule has 0 amide bonds. The van der Waals surface area contributed by atoms with Gasteiger partial charge in [0.25, 0.3) is 10.0 Å². The maximum Gasteiger partial charge on any atom is 0.262 e. The van der Waals surface area contributed by atoms with Crippen LogP contribution in [-0.2, 0) is 30.7 Å². The number of anilines is 2. The number of halogens is 2. The van der Waals surface area contributed by atoms with Crippen LogP contribution in [-0.4, -0.2) is 74.5 Å². The summed E-state index contributed by atoms with van der Waals surface area (Å²) in [5.74, 6) is -1.15. The van der Waals surface area contributed by atoms with Gasteiger partial charge in [-0.1, -0.05) is 0 Å². The Hall–Kier alpha value is -4.42. The number of benzene rings is 1. The van der Waals surface area contributed by atoms with Crippen molar-refractivity contribution in [1.82, 2.24) is 33.4 Å². The van der Waals surface area contributed by atoms with Gasteiger partial charge in [-0.25, -0.2) is 37.1 Å². The van der Waals surface area contributed by atoms with E-state index in [2.05, 4.69) is 24.8 Å². The number of sulfonamides is 1. The Labute approximate surface area is 248 Å². The van der Waals surface area contributed by atoms with Gasteiger partial charge in [0, 0.05) is 71.6 Å². The van der Waals surface area contributed by atoms with Crippen LogP contribution in [0.5, 0.6) is 0 Å². The van der Waals surface area contributed by atoms with Crippen LogP contribution in [0, 0.1) is 28.9 Å². The topological polar surface area (TPSA) is 129 Å². The van der Waals surface area contributed by atoms with Gasteiger partial charge in [0.2, 0.25) is 5.95 Å². The molecule has 0 saturated carbocycles. The minimum atomic E-state index is -4.04. The second-order valence-electron chi connectivity index (χ2n) is 10.5. The second-order valence-corrected chi connectivity index (χ2v) is 12.4. The van der Waals surface area contributed by atoms with Crippen molar-refractivity contribution in [3.63, 3.8) is 0 Å². The van der Waals surface area contributed by atoms with Crippen molar-refractivity contribution in [1.29, 1.82) is 5.26 Å². The summed E-state index contributed by atoms with van der Waals surface area (Å²) in [5.41, 5.74) is 0.176. The highest BCUT2D eigenvalue weighted by atomic mass is 32.2. The number of piperidine rings is 1. The lowest BCUT2D eigenvalue weighted by Crippen LogP contribution is -2.44. The van der Waals surface area contributed by atoms with Crippen molar-refractivity contribution in [3.8, 4) is 6.07 Å². The van der Waals surface area contributed by atoms with Crippen LogP contribution < -0.4 is 9.80 Å². The number of nitriles is 1. The van der Waals surface area contributed by atoms with E-state index < -0.39 is 21.7 Å². The lowest BCUT2D eigenvalue weighted by molar-refractivity contribution is 0.301. The molecule has 1 aliphatic heterocycles. The average molecular weight is 611 g/mol. The summed E-state index contributed by atoms with van der Waals surface area (Å²) in [4.78, 5) is 20.3. The van der Waals surface area contributed by atoms with Crippen molar-refractivity contribution in [2.24, 2.45) is 20.0 Å². The highest BCUT2D eigenvalue weighted by molar-refractivity contribution is 7.89. The molecule has 0 atom stereocenters. The Morgan fingerprint density at radius 1 is 1.05 bits per heavy atom. The first kappa shape index (κ1) is 30.1. The zero-order valence-electron chi connectivity index (χ0n) is 23.9. The van der Waals surface area contributed by atoms with Crippen molar-refractivity contribution >= 4 is 21.7 Å². The lowest BCUT2D eigenvalue weighted by Gasteiger charge is -2.35. The van der Waals surface area contributed by atoms with Gasteiger partial charge in [-0.3, -0.25) is 0 Å². The fourth-order valence-electron chi connectivity index (χ4n) is 5.19. The maximum absolute atomic E-state index is 15.2. The van der Waals surface area contributed by atoms with E-state index in [0.29, 0.717) is 37.6 Å². The molecule has 1 aliphatic rings. The SMILES string of the molecule is Cn1cnc(S(=O)(=O)N(CCN(Cc2cncn2C)c2c(F)cc(C#N)cc2F)CC2CCN(c3ncccn3)CC2)c1. The molecule has 3 aromatic heterocycles. The van der Waals surface area contributed by atoms with Crippen molar-refractivity contribution in [2.75, 3.05) is 42.5 Å². The van der Waals surface area contributed by atoms with E-state index in [4.69, 9.17) is 0 Å². The molecule has 0 aliphatic carbocycles. The smallest absolute Gasteiger partial charge is 0.262 e. The van der Waals surface area contributed by atoms with Crippen LogP contribution in [0.25, 0.3) is 0 Å². The molecule has 0 radical (unpaired) electrons. The molecule has 0 N–H and O–H groups in total. The molecule has 0 unspecified atom stereocenters. The van der Waals surface area contributed by atoms with Gasteiger partial charge in [0.1, 0.15) is 5.69 Å². The highest BCUT2D eigenvalue weighted by Gasteiger charge is 2.32. The maximum atomic E-state index is 15.2. The molecular weight excluding hydrogens is 578 g/mol. The fourth-order valence-corrected chi connectivity index (χ4v) is 6.66. The summed E-state index contributed by atoms with van der Waals surface area (Å²) < 4.78 is 62.8. The first-order valence-corrected chi connectivity index (χ1v) is 15.2. The van der Waals surface area contributed by atoms with E-state index in [1.165, 1.54) is 21.7 Å². The number of nitrogens with zero attached hydrogens (tertiary/aromatic N) is 10. The van der Waals surface area contributed by atoms with Crippen LogP contribution in [0.1, 0.15) is 24.1 Å². The molecule has 4 aromatic rings. The predicted octanol–water partition coefficient (Wildman–Crippen LogP) is 2.71. The summed E-state index contributed by atoms with van der Waals surface area (Å²) in [6.45, 7) is 1.51. The molecule has 1 fully saturated rings. The summed E-state index contributed by atoms with van der Waals surface area (Å²) >= 11 is 0. The molecule has 0 bridgehead atoms. The van der Waals surface area contributed by atoms with Gasteiger partial charge in [-0.15, -0.1) is 0 Å². The van der Waals surface area contributed by atoms with E-state index in [9.17, 15) is 13.7 Å². The number of hydrogen-bond donors (Lipinski definition) is 0. The first-order valence-electron chi connectivity index (χ1n) is 13.7. The van der Waals surface area contributed by atoms with Gasteiger partial charge in [-0.05, 0) is 37.0 Å². The first-order chi connectivity index (χ1) is 20.7. The molecule has 226 valence electrons. The van der Waals surface area contributed by atoms with Gasteiger partial charge < -0.3 is 18.9 Å². The van der Waals surface area contributed by atoms with Crippen LogP contribution in [0.3, 0.4) is 0 Å². The average Bonchev–Trinajstić information content (AvgIpc) is 3.63. The van der Waals surface area contributed by atoms with Gasteiger partial charge in [0.05, 0.1) is 36.5 Å². The molecule has 4 heterocycles. The summed E-state index contributed by atoms with van der Waals surface area (Å²) in [7, 11) is -0.591. The van der Waals surface area contributed by atoms with E-state index >= 15 is 8.78 Å². The Morgan fingerprint density at radius 2 is 1.74 bits per heavy atom. The van der Waals surface area contributed by atoms with Crippen LogP contribution in [0.15, 0.2) is 60.7 Å². The molecule has 0 spiro atoms. The summed E-state index contributed by atoms with van der Waals surface area (Å²) in [6, 6.07) is 5.46. The highest BCUT2D eigenvalue weighted by Crippen LogP contribution is 2.28. The quantitative estimate of drug-likeness (QED) is 0.252. The monoisotopic (exact) mass is 610 g/mol. The Morgan fingerprint density at radius 3 is 2.33 bits per heavy atom. The number of hydrogen-bond acceptors (Lipinski definition) is 9. The molecular formula is C28H32F2N10O2S. The Bertz CT molecular complexity index is 1670. The van der Waals surface area contributed by atoms with E-state index in [-0.39, 0.29) is 48.4 Å². The van der Waals surface area contributed by atoms with Crippen molar-refractivity contribution in [3.05, 3.63) is 78.5 Å². The summed E-state index contributed by atoms with van der Waals surface area (Å²) in [6.07, 6.45) is 10.8. The standard InChI is InChI=1S/C28H32F2N10O2S/c1-36-18-26(35-20-36)43(41,42)40(16-21-4-8-38(9-5-21)28-33-6-3-7-34-28)11-10-39(17-23-15-32-19-37(23)2)27-24(29)12-22(14-31)13-25(27)30/h3,6-7,12-13,15,18-21H,4-5,8-11,16-17H2,1-2H3. The van der Waals surface area contributed by atoms with Crippen LogP contribution in [0.2, 0.25) is 0 Å². The fraction of sp³-hybridized carbons (Fsp3) is 0.393. The molecule has 43 heavy (non-hydrogen) atoms. The summed E-state index contributed by atoms with van der Waals surface area (Å²) in [5, 5.41) is 9.07. The van der Waals surface area contributed by atoms with Gasteiger partial charge in [-0.2, -0.15) is 9.57 Å². The number of aryl methyl sites for hydroxylation is 2. The lowest BCUT2D eigenvalue weighted by atomic mass is 9.97. The van der Waals surface area contributed by atoms with Gasteiger partial charge in [0.15, 0.2) is 16.7 Å². The molecule has 12 nitrogen and oxygen atoms in total. The number of rotatable bonds is 11. The van der Waals surface area contributed by atoms with Crippen molar-refractivity contribution in [2.45, 2.75) is 24.4 Å². The molecule has 1 saturated heterocycles. The number of imidazole rings is 2. The number of aromatic nitrogens is 6. The Balaban J connectivity index is 1.40. The third-order valence-electron chi connectivity index (χ3n) is 7.55. The molecule has 15 heteroatoms. The predicted molar refractivity (Wildman–Crippen MR) is 154 cm³/mol. The minimum absolute atomic E-state index is 0.0340. The second kappa shape index (κ2) is 12.8. The Kier molecular flexibility index (Phi) is 8.97.